The van der Waals surface area contributed by atoms with Crippen LogP contribution in [0.1, 0.15) is 67.8 Å². The molecule has 0 saturated carbocycles. The first-order valence-corrected chi connectivity index (χ1v) is 12.0. The van der Waals surface area contributed by atoms with Gasteiger partial charge in [-0.1, -0.05) is 25.8 Å². The molecule has 5 heteroatoms. The van der Waals surface area contributed by atoms with Crippen LogP contribution >= 0.6 is 0 Å². The van der Waals surface area contributed by atoms with E-state index in [0.717, 1.165) is 42.6 Å². The van der Waals surface area contributed by atoms with Crippen LogP contribution in [0.4, 0.5) is 5.69 Å². The number of hydrogen-bond donors (Lipinski definition) is 1. The molecule has 0 unspecified atom stereocenters. The monoisotopic (exact) mass is 434 g/mol. The summed E-state index contributed by atoms with van der Waals surface area (Å²) < 4.78 is 11.4. The van der Waals surface area contributed by atoms with Crippen molar-refractivity contribution in [3.8, 4) is 5.75 Å². The van der Waals surface area contributed by atoms with Crippen molar-refractivity contribution in [3.05, 3.63) is 59.9 Å². The Morgan fingerprint density at radius 3 is 2.75 bits per heavy atom. The first kappa shape index (κ1) is 22.4. The van der Waals surface area contributed by atoms with Crippen LogP contribution in [0.3, 0.4) is 0 Å². The zero-order valence-electron chi connectivity index (χ0n) is 19.2. The van der Waals surface area contributed by atoms with Gasteiger partial charge in [0.15, 0.2) is 0 Å². The third-order valence-electron chi connectivity index (χ3n) is 6.37. The van der Waals surface area contributed by atoms with Crippen molar-refractivity contribution in [1.29, 1.82) is 0 Å². The van der Waals surface area contributed by atoms with Gasteiger partial charge < -0.3 is 19.4 Å². The van der Waals surface area contributed by atoms with E-state index in [1.165, 1.54) is 31.4 Å². The minimum atomic E-state index is -0.142. The highest BCUT2D eigenvalue weighted by molar-refractivity contribution is 6.05. The zero-order valence-corrected chi connectivity index (χ0v) is 19.2. The zero-order chi connectivity index (χ0) is 22.3. The summed E-state index contributed by atoms with van der Waals surface area (Å²) in [5, 5.41) is 4.14. The summed E-state index contributed by atoms with van der Waals surface area (Å²) in [5.74, 6) is 1.07. The van der Waals surface area contributed by atoms with Crippen LogP contribution in [-0.4, -0.2) is 37.0 Å². The number of nitrogens with zero attached hydrogens (tertiary/aromatic N) is 1. The summed E-state index contributed by atoms with van der Waals surface area (Å²) in [6.07, 6.45) is 8.11. The van der Waals surface area contributed by atoms with E-state index in [-0.39, 0.29) is 5.91 Å². The van der Waals surface area contributed by atoms with Crippen molar-refractivity contribution in [2.24, 2.45) is 0 Å². The molecule has 0 spiro atoms. The largest absolute Gasteiger partial charge is 0.494 e. The Kier molecular flexibility index (Phi) is 7.48. The quantitative estimate of drug-likeness (QED) is 0.393. The Labute approximate surface area is 190 Å². The number of nitrogens with one attached hydrogen (secondary N) is 1. The van der Waals surface area contributed by atoms with Gasteiger partial charge in [0.1, 0.15) is 11.3 Å². The fourth-order valence-corrected chi connectivity index (χ4v) is 4.59. The molecule has 1 aliphatic rings. The van der Waals surface area contributed by atoms with Crippen LogP contribution in [0.25, 0.3) is 11.0 Å². The number of hydrogen-bond acceptors (Lipinski definition) is 4. The summed E-state index contributed by atoms with van der Waals surface area (Å²) in [7, 11) is 0. The lowest BCUT2D eigenvalue weighted by Crippen LogP contribution is -2.33. The molecule has 2 aromatic carbocycles. The number of ether oxygens (including phenoxy) is 1. The Morgan fingerprint density at radius 1 is 1.12 bits per heavy atom. The summed E-state index contributed by atoms with van der Waals surface area (Å²) in [6.45, 7) is 8.27. The summed E-state index contributed by atoms with van der Waals surface area (Å²) in [4.78, 5) is 15.4. The standard InChI is InChI=1S/C27H34N2O3/c1-3-5-6-14-29-15-12-20(13-16-29)25-19-32-26-11-10-22(18-24(25)26)28-27(30)21-8-7-9-23(17-21)31-4-2/h7-11,17-20H,3-6,12-16H2,1-2H3,(H,28,30). The van der Waals surface area contributed by atoms with E-state index < -0.39 is 0 Å². The Morgan fingerprint density at radius 2 is 1.97 bits per heavy atom. The smallest absolute Gasteiger partial charge is 0.255 e. The van der Waals surface area contributed by atoms with Crippen LogP contribution in [0.5, 0.6) is 5.75 Å². The topological polar surface area (TPSA) is 54.7 Å². The molecular formula is C27H34N2O3. The fourth-order valence-electron chi connectivity index (χ4n) is 4.59. The third kappa shape index (κ3) is 5.33. The lowest BCUT2D eigenvalue weighted by molar-refractivity contribution is 0.102. The molecule has 32 heavy (non-hydrogen) atoms. The Hall–Kier alpha value is -2.79. The number of unbranched alkanes of at least 4 members (excludes halogenated alkanes) is 2. The SMILES string of the molecule is CCCCCN1CCC(c2coc3ccc(NC(=O)c4cccc(OCC)c4)cc23)CC1. The van der Waals surface area contributed by atoms with Crippen molar-refractivity contribution in [3.63, 3.8) is 0 Å². The second kappa shape index (κ2) is 10.7. The van der Waals surface area contributed by atoms with E-state index in [2.05, 4.69) is 17.1 Å². The normalized spacial score (nSPS) is 15.2. The van der Waals surface area contributed by atoms with E-state index in [9.17, 15) is 4.79 Å². The second-order valence-corrected chi connectivity index (χ2v) is 8.64. The molecule has 5 nitrogen and oxygen atoms in total. The maximum atomic E-state index is 12.8. The Balaban J connectivity index is 1.44. The highest BCUT2D eigenvalue weighted by Crippen LogP contribution is 2.35. The van der Waals surface area contributed by atoms with Crippen LogP contribution in [0.2, 0.25) is 0 Å². The van der Waals surface area contributed by atoms with E-state index in [0.29, 0.717) is 23.8 Å². The molecule has 0 radical (unpaired) electrons. The number of piperidine rings is 1. The average molecular weight is 435 g/mol. The van der Waals surface area contributed by atoms with Crippen LogP contribution in [0.15, 0.2) is 53.1 Å². The van der Waals surface area contributed by atoms with Gasteiger partial charge in [0.2, 0.25) is 0 Å². The molecule has 3 aromatic rings. The number of carbonyl (C=O) groups excluding carboxylic acids is 1. The molecular weight excluding hydrogens is 400 g/mol. The molecule has 1 amide bonds. The van der Waals surface area contributed by atoms with Gasteiger partial charge in [-0.05, 0) is 88.1 Å². The lowest BCUT2D eigenvalue weighted by atomic mass is 9.89. The van der Waals surface area contributed by atoms with Crippen molar-refractivity contribution in [2.75, 3.05) is 31.6 Å². The molecule has 1 saturated heterocycles. The van der Waals surface area contributed by atoms with Gasteiger partial charge in [0, 0.05) is 22.2 Å². The van der Waals surface area contributed by atoms with Crippen LogP contribution < -0.4 is 10.1 Å². The van der Waals surface area contributed by atoms with Gasteiger partial charge in [-0.25, -0.2) is 0 Å². The summed E-state index contributed by atoms with van der Waals surface area (Å²) in [6, 6.07) is 13.2. The van der Waals surface area contributed by atoms with E-state index in [4.69, 9.17) is 9.15 Å². The number of fused-ring (bicyclic) bond motifs is 1. The molecule has 0 bridgehead atoms. The number of likely N-dealkylation sites (tertiary alicyclic amines) is 1. The van der Waals surface area contributed by atoms with Gasteiger partial charge in [0.05, 0.1) is 12.9 Å². The van der Waals surface area contributed by atoms with Crippen molar-refractivity contribution in [1.82, 2.24) is 4.90 Å². The van der Waals surface area contributed by atoms with Gasteiger partial charge in [-0.15, -0.1) is 0 Å². The first-order chi connectivity index (χ1) is 15.7. The predicted octanol–water partition coefficient (Wildman–Crippen LogP) is 6.45. The van der Waals surface area contributed by atoms with Gasteiger partial charge in [-0.2, -0.15) is 0 Å². The van der Waals surface area contributed by atoms with Crippen molar-refractivity contribution in [2.45, 2.75) is 51.9 Å². The highest BCUT2D eigenvalue weighted by Gasteiger charge is 2.23. The minimum absolute atomic E-state index is 0.142. The number of carbonyl (C=O) groups is 1. The fraction of sp³-hybridized carbons (Fsp3) is 0.444. The summed E-state index contributed by atoms with van der Waals surface area (Å²) >= 11 is 0. The summed E-state index contributed by atoms with van der Waals surface area (Å²) in [5.41, 5.74) is 3.51. The molecule has 0 aliphatic carbocycles. The highest BCUT2D eigenvalue weighted by atomic mass is 16.5. The average Bonchev–Trinajstić information content (AvgIpc) is 3.23. The molecule has 1 aliphatic heterocycles. The van der Waals surface area contributed by atoms with Crippen LogP contribution in [0, 0.1) is 0 Å². The van der Waals surface area contributed by atoms with Crippen LogP contribution in [-0.2, 0) is 0 Å². The molecule has 1 N–H and O–H groups in total. The van der Waals surface area contributed by atoms with Gasteiger partial charge >= 0.3 is 0 Å². The molecule has 170 valence electrons. The molecule has 0 atom stereocenters. The number of furan rings is 1. The van der Waals surface area contributed by atoms with Crippen molar-refractivity contribution >= 4 is 22.6 Å². The molecule has 1 fully saturated rings. The maximum absolute atomic E-state index is 12.8. The second-order valence-electron chi connectivity index (χ2n) is 8.64. The first-order valence-electron chi connectivity index (χ1n) is 12.0. The number of anilines is 1. The molecule has 1 aromatic heterocycles. The number of benzene rings is 2. The minimum Gasteiger partial charge on any atom is -0.494 e. The third-order valence-corrected chi connectivity index (χ3v) is 6.37. The van der Waals surface area contributed by atoms with Gasteiger partial charge in [0.25, 0.3) is 5.91 Å². The number of amides is 1. The number of rotatable bonds is 9. The van der Waals surface area contributed by atoms with E-state index in [1.54, 1.807) is 12.1 Å². The molecule has 2 heterocycles. The maximum Gasteiger partial charge on any atom is 0.255 e. The van der Waals surface area contributed by atoms with Gasteiger partial charge in [-0.3, -0.25) is 4.79 Å². The van der Waals surface area contributed by atoms with E-state index in [1.807, 2.05) is 43.5 Å². The van der Waals surface area contributed by atoms with E-state index >= 15 is 0 Å². The predicted molar refractivity (Wildman–Crippen MR) is 130 cm³/mol. The molecule has 4 rings (SSSR count). The van der Waals surface area contributed by atoms with Crippen molar-refractivity contribution < 1.29 is 13.9 Å². The lowest BCUT2D eigenvalue weighted by Gasteiger charge is -2.31. The Bertz CT molecular complexity index is 1030.